The Bertz CT molecular complexity index is 507. The number of carboxylic acid groups (broad SMARTS) is 1. The van der Waals surface area contributed by atoms with Crippen LogP contribution in [0.2, 0.25) is 0 Å². The molecule has 2 heterocycles. The minimum atomic E-state index is -1.12. The van der Waals surface area contributed by atoms with Gasteiger partial charge in [-0.1, -0.05) is 0 Å². The van der Waals surface area contributed by atoms with E-state index in [1.807, 2.05) is 0 Å². The summed E-state index contributed by atoms with van der Waals surface area (Å²) in [4.78, 5) is 24.8. The first-order valence-corrected chi connectivity index (χ1v) is 4.08. The topological polar surface area (TPSA) is 130 Å². The quantitative estimate of drug-likeness (QED) is 0.536. The highest BCUT2D eigenvalue weighted by molar-refractivity contribution is 5.81. The lowest BCUT2D eigenvalue weighted by Gasteiger charge is -1.94. The minimum absolute atomic E-state index is 0.0745. The van der Waals surface area contributed by atoms with Crippen molar-refractivity contribution in [2.75, 3.05) is 5.73 Å². The average Bonchev–Trinajstić information content (AvgIpc) is 2.59. The highest BCUT2D eigenvalue weighted by Crippen LogP contribution is 2.12. The van der Waals surface area contributed by atoms with E-state index >= 15 is 0 Å². The van der Waals surface area contributed by atoms with Gasteiger partial charge in [0.1, 0.15) is 17.7 Å². The molecule has 15 heavy (non-hydrogen) atoms. The van der Waals surface area contributed by atoms with E-state index in [1.54, 1.807) is 0 Å². The third kappa shape index (κ3) is 1.77. The summed E-state index contributed by atoms with van der Waals surface area (Å²) in [5.41, 5.74) is 6.50. The first-order valence-electron chi connectivity index (χ1n) is 4.08. The van der Waals surface area contributed by atoms with Crippen LogP contribution in [0.4, 0.5) is 10.6 Å². The second kappa shape index (κ2) is 3.40. The molecule has 0 fully saturated rings. The van der Waals surface area contributed by atoms with Crippen molar-refractivity contribution in [3.05, 3.63) is 12.2 Å². The van der Waals surface area contributed by atoms with Crippen LogP contribution >= 0.6 is 0 Å². The smallest absolute Gasteiger partial charge is 0.405 e. The van der Waals surface area contributed by atoms with Gasteiger partial charge < -0.3 is 21.1 Å². The lowest BCUT2D eigenvalue weighted by Crippen LogP contribution is -2.20. The normalized spacial score (nSPS) is 10.4. The van der Waals surface area contributed by atoms with E-state index in [1.165, 1.54) is 6.33 Å². The van der Waals surface area contributed by atoms with Gasteiger partial charge in [-0.15, -0.1) is 0 Å². The van der Waals surface area contributed by atoms with E-state index in [0.717, 1.165) is 0 Å². The number of carbonyl (C=O) groups is 1. The molecule has 0 bridgehead atoms. The van der Waals surface area contributed by atoms with Crippen LogP contribution in [0.1, 0.15) is 5.82 Å². The van der Waals surface area contributed by atoms with Gasteiger partial charge in [-0.05, 0) is 0 Å². The predicted molar refractivity (Wildman–Crippen MR) is 51.0 cm³/mol. The number of nitrogens with one attached hydrogen (secondary N) is 2. The number of aromatic nitrogens is 4. The number of H-pyrrole nitrogens is 1. The largest absolute Gasteiger partial charge is 0.465 e. The molecule has 2 rings (SSSR count). The van der Waals surface area contributed by atoms with Gasteiger partial charge in [0.2, 0.25) is 0 Å². The highest BCUT2D eigenvalue weighted by Gasteiger charge is 2.07. The van der Waals surface area contributed by atoms with Crippen molar-refractivity contribution in [3.63, 3.8) is 0 Å². The number of nitrogen functional groups attached to an aromatic ring is 1. The molecule has 1 amide bonds. The molecule has 0 unspecified atom stereocenters. The molecule has 0 aromatic carbocycles. The second-order valence-corrected chi connectivity index (χ2v) is 2.80. The molecule has 0 aliphatic heterocycles. The molecule has 0 aliphatic carbocycles. The van der Waals surface area contributed by atoms with E-state index in [0.29, 0.717) is 17.0 Å². The molecule has 8 heteroatoms. The summed E-state index contributed by atoms with van der Waals surface area (Å²) in [5, 5.41) is 10.6. The van der Waals surface area contributed by atoms with Gasteiger partial charge in [0, 0.05) is 0 Å². The molecule has 0 radical (unpaired) electrons. The van der Waals surface area contributed by atoms with Crippen LogP contribution in [0.15, 0.2) is 6.33 Å². The fraction of sp³-hybridized carbons (Fsp3) is 0.143. The average molecular weight is 208 g/mol. The summed E-state index contributed by atoms with van der Waals surface area (Å²) in [7, 11) is 0. The van der Waals surface area contributed by atoms with Gasteiger partial charge in [0.25, 0.3) is 0 Å². The number of amides is 1. The van der Waals surface area contributed by atoms with Gasteiger partial charge >= 0.3 is 6.09 Å². The van der Waals surface area contributed by atoms with Gasteiger partial charge in [-0.2, -0.15) is 0 Å². The monoisotopic (exact) mass is 208 g/mol. The summed E-state index contributed by atoms with van der Waals surface area (Å²) in [5.74, 6) is 0.730. The highest BCUT2D eigenvalue weighted by atomic mass is 16.4. The van der Waals surface area contributed by atoms with Crippen LogP contribution in [-0.4, -0.2) is 31.1 Å². The summed E-state index contributed by atoms with van der Waals surface area (Å²) < 4.78 is 0. The number of fused-ring (bicyclic) bond motifs is 1. The zero-order valence-corrected chi connectivity index (χ0v) is 7.56. The van der Waals surface area contributed by atoms with Crippen molar-refractivity contribution < 1.29 is 9.90 Å². The van der Waals surface area contributed by atoms with Crippen LogP contribution in [0.25, 0.3) is 11.2 Å². The number of imidazole rings is 1. The van der Waals surface area contributed by atoms with Crippen LogP contribution < -0.4 is 11.1 Å². The lowest BCUT2D eigenvalue weighted by molar-refractivity contribution is 0.193. The third-order valence-corrected chi connectivity index (χ3v) is 1.77. The Labute approximate surface area is 83.6 Å². The SMILES string of the molecule is Nc1ncnc2nc(CNC(=O)O)[nH]c12. The number of anilines is 1. The standard InChI is InChI=1S/C7H8N6O2/c8-5-4-6(11-2-10-5)13-3(12-4)1-9-7(14)15/h2,9H,1H2,(H,14,15)(H3,8,10,11,12,13). The van der Waals surface area contributed by atoms with Crippen molar-refractivity contribution in [1.29, 1.82) is 0 Å². The molecule has 0 spiro atoms. The number of nitrogens with two attached hydrogens (primary N) is 1. The van der Waals surface area contributed by atoms with Crippen molar-refractivity contribution >= 4 is 23.1 Å². The van der Waals surface area contributed by atoms with E-state index in [-0.39, 0.29) is 12.4 Å². The number of nitrogens with zero attached hydrogens (tertiary/aromatic N) is 3. The molecule has 0 atom stereocenters. The molecule has 8 nitrogen and oxygen atoms in total. The molecule has 5 N–H and O–H groups in total. The van der Waals surface area contributed by atoms with E-state index in [2.05, 4.69) is 25.3 Å². The Morgan fingerprint density at radius 2 is 2.40 bits per heavy atom. The van der Waals surface area contributed by atoms with E-state index in [4.69, 9.17) is 10.8 Å². The molecule has 0 saturated carbocycles. The second-order valence-electron chi connectivity index (χ2n) is 2.80. The summed E-state index contributed by atoms with van der Waals surface area (Å²) in [6.07, 6.45) is 0.182. The van der Waals surface area contributed by atoms with Crippen LogP contribution in [-0.2, 0) is 6.54 Å². The first kappa shape index (κ1) is 9.19. The van der Waals surface area contributed by atoms with Crippen molar-refractivity contribution in [1.82, 2.24) is 25.3 Å². The molecule has 2 aromatic heterocycles. The number of hydrogen-bond acceptors (Lipinski definition) is 5. The predicted octanol–water partition coefficient (Wildman–Crippen LogP) is -0.297. The third-order valence-electron chi connectivity index (χ3n) is 1.77. The first-order chi connectivity index (χ1) is 7.16. The summed E-state index contributed by atoms with van der Waals surface area (Å²) in [6.45, 7) is 0.0745. The zero-order valence-electron chi connectivity index (χ0n) is 7.56. The Balaban J connectivity index is 2.31. The molecule has 2 aromatic rings. The van der Waals surface area contributed by atoms with Crippen LogP contribution in [0.3, 0.4) is 0 Å². The summed E-state index contributed by atoms with van der Waals surface area (Å²) >= 11 is 0. The Hall–Kier alpha value is -2.38. The molecule has 0 aliphatic rings. The minimum Gasteiger partial charge on any atom is -0.465 e. The number of hydrogen-bond donors (Lipinski definition) is 4. The fourth-order valence-electron chi connectivity index (χ4n) is 1.14. The van der Waals surface area contributed by atoms with Gasteiger partial charge in [0.15, 0.2) is 11.5 Å². The van der Waals surface area contributed by atoms with E-state index in [9.17, 15) is 4.79 Å². The van der Waals surface area contributed by atoms with Crippen LogP contribution in [0.5, 0.6) is 0 Å². The zero-order chi connectivity index (χ0) is 10.8. The molecule has 0 saturated heterocycles. The summed E-state index contributed by atoms with van der Waals surface area (Å²) in [6, 6.07) is 0. The Kier molecular flexibility index (Phi) is 2.08. The van der Waals surface area contributed by atoms with Crippen molar-refractivity contribution in [2.45, 2.75) is 6.54 Å². The maximum atomic E-state index is 10.2. The van der Waals surface area contributed by atoms with Gasteiger partial charge in [0.05, 0.1) is 6.54 Å². The Morgan fingerprint density at radius 3 is 3.07 bits per heavy atom. The molecular weight excluding hydrogens is 200 g/mol. The Morgan fingerprint density at radius 1 is 1.60 bits per heavy atom. The maximum Gasteiger partial charge on any atom is 0.405 e. The van der Waals surface area contributed by atoms with Crippen LogP contribution in [0, 0.1) is 0 Å². The number of aromatic amines is 1. The van der Waals surface area contributed by atoms with Crippen molar-refractivity contribution in [2.24, 2.45) is 0 Å². The maximum absolute atomic E-state index is 10.2. The van der Waals surface area contributed by atoms with Crippen molar-refractivity contribution in [3.8, 4) is 0 Å². The molecule has 78 valence electrons. The lowest BCUT2D eigenvalue weighted by atomic mass is 10.5. The van der Waals surface area contributed by atoms with Gasteiger partial charge in [-0.25, -0.2) is 19.7 Å². The number of rotatable bonds is 2. The molecular formula is C7H8N6O2. The fourth-order valence-corrected chi connectivity index (χ4v) is 1.14. The van der Waals surface area contributed by atoms with Gasteiger partial charge in [-0.3, -0.25) is 0 Å². The van der Waals surface area contributed by atoms with E-state index < -0.39 is 6.09 Å².